The van der Waals surface area contributed by atoms with Crippen molar-refractivity contribution in [1.82, 2.24) is 19.5 Å². The third-order valence-electron chi connectivity index (χ3n) is 4.57. The maximum Gasteiger partial charge on any atom is 0.256 e. The van der Waals surface area contributed by atoms with Crippen molar-refractivity contribution < 1.29 is 19.7 Å². The van der Waals surface area contributed by atoms with Gasteiger partial charge in [-0.15, -0.1) is 0 Å². The second-order valence-corrected chi connectivity index (χ2v) is 7.28. The number of imidazole rings is 1. The standard InChI is InChI=1S/C18H19N5O4S/c1-28-7-11-13(24)14(25)18(27-11)23-9-21-12-15(19-8-20-16(12)23)22-17(26)10-5-3-2-4-6-10/h2-6,8-9,11,13-14,18,24-25H,7H2,1H3,(H,19,20,22,26). The Kier molecular flexibility index (Phi) is 5.27. The first-order chi connectivity index (χ1) is 13.6. The Morgan fingerprint density at radius 3 is 2.75 bits per heavy atom. The van der Waals surface area contributed by atoms with E-state index in [9.17, 15) is 15.0 Å². The first-order valence-electron chi connectivity index (χ1n) is 8.64. The summed E-state index contributed by atoms with van der Waals surface area (Å²) >= 11 is 1.52. The van der Waals surface area contributed by atoms with Crippen LogP contribution in [-0.4, -0.2) is 66.0 Å². The molecular weight excluding hydrogens is 382 g/mol. The fourth-order valence-electron chi connectivity index (χ4n) is 3.16. The molecule has 0 bridgehead atoms. The summed E-state index contributed by atoms with van der Waals surface area (Å²) in [5.74, 6) is 0.489. The van der Waals surface area contributed by atoms with Gasteiger partial charge in [0.05, 0.1) is 12.4 Å². The number of thioether (sulfide) groups is 1. The molecule has 4 atom stereocenters. The number of carbonyl (C=O) groups is 1. The van der Waals surface area contributed by atoms with Crippen LogP contribution in [0.5, 0.6) is 0 Å². The van der Waals surface area contributed by atoms with Crippen LogP contribution in [0, 0.1) is 0 Å². The number of carbonyl (C=O) groups excluding carboxylic acids is 1. The van der Waals surface area contributed by atoms with Crippen LogP contribution in [0.1, 0.15) is 16.6 Å². The second-order valence-electron chi connectivity index (χ2n) is 6.37. The molecule has 0 spiro atoms. The molecule has 1 aliphatic heterocycles. The molecule has 10 heteroatoms. The SMILES string of the molecule is CSCC1OC(n2cnc3c(NC(=O)c4ccccc4)ncnc32)C(O)C1O. The second kappa shape index (κ2) is 7.84. The van der Waals surface area contributed by atoms with Gasteiger partial charge in [-0.25, -0.2) is 15.0 Å². The lowest BCUT2D eigenvalue weighted by Crippen LogP contribution is -2.32. The number of hydrogen-bond donors (Lipinski definition) is 3. The highest BCUT2D eigenvalue weighted by molar-refractivity contribution is 7.98. The van der Waals surface area contributed by atoms with Crippen molar-refractivity contribution in [3.8, 4) is 0 Å². The highest BCUT2D eigenvalue weighted by atomic mass is 32.2. The summed E-state index contributed by atoms with van der Waals surface area (Å²) in [4.78, 5) is 25.0. The molecule has 4 unspecified atom stereocenters. The molecule has 3 heterocycles. The van der Waals surface area contributed by atoms with Crippen LogP contribution in [0.25, 0.3) is 11.2 Å². The van der Waals surface area contributed by atoms with Gasteiger partial charge in [0.1, 0.15) is 18.5 Å². The zero-order valence-electron chi connectivity index (χ0n) is 15.0. The van der Waals surface area contributed by atoms with E-state index in [0.717, 1.165) is 0 Å². The summed E-state index contributed by atoms with van der Waals surface area (Å²) < 4.78 is 7.37. The molecule has 1 amide bonds. The lowest BCUT2D eigenvalue weighted by Gasteiger charge is -2.16. The third-order valence-corrected chi connectivity index (χ3v) is 5.23. The summed E-state index contributed by atoms with van der Waals surface area (Å²) in [6.45, 7) is 0. The van der Waals surface area contributed by atoms with Crippen molar-refractivity contribution in [1.29, 1.82) is 0 Å². The Morgan fingerprint density at radius 2 is 2.00 bits per heavy atom. The number of nitrogens with zero attached hydrogens (tertiary/aromatic N) is 4. The average molecular weight is 401 g/mol. The maximum atomic E-state index is 12.4. The van der Waals surface area contributed by atoms with Crippen LogP contribution >= 0.6 is 11.8 Å². The first kappa shape index (κ1) is 18.8. The molecule has 3 N–H and O–H groups in total. The number of aromatic nitrogens is 4. The fraction of sp³-hybridized carbons (Fsp3) is 0.333. The van der Waals surface area contributed by atoms with Gasteiger partial charge in [0.25, 0.3) is 5.91 Å². The van der Waals surface area contributed by atoms with Crippen molar-refractivity contribution in [3.63, 3.8) is 0 Å². The van der Waals surface area contributed by atoms with Crippen LogP contribution in [0.3, 0.4) is 0 Å². The lowest BCUT2D eigenvalue weighted by atomic mass is 10.1. The van der Waals surface area contributed by atoms with E-state index in [0.29, 0.717) is 22.5 Å². The van der Waals surface area contributed by atoms with E-state index in [1.807, 2.05) is 12.3 Å². The fourth-order valence-corrected chi connectivity index (χ4v) is 3.76. The van der Waals surface area contributed by atoms with E-state index in [-0.39, 0.29) is 11.7 Å². The number of amides is 1. The number of benzene rings is 1. The van der Waals surface area contributed by atoms with Crippen LogP contribution in [0.15, 0.2) is 43.0 Å². The molecule has 1 aromatic carbocycles. The van der Waals surface area contributed by atoms with Crippen molar-refractivity contribution in [2.75, 3.05) is 17.3 Å². The molecule has 9 nitrogen and oxygen atoms in total. The Hall–Kier alpha value is -2.53. The van der Waals surface area contributed by atoms with E-state index in [2.05, 4.69) is 20.3 Å². The highest BCUT2D eigenvalue weighted by Gasteiger charge is 2.44. The van der Waals surface area contributed by atoms with Gasteiger partial charge < -0.3 is 20.3 Å². The summed E-state index contributed by atoms with van der Waals surface area (Å²) in [7, 11) is 0. The first-order valence-corrected chi connectivity index (χ1v) is 10.0. The summed E-state index contributed by atoms with van der Waals surface area (Å²) in [6, 6.07) is 8.76. The molecule has 2 aromatic heterocycles. The molecule has 0 saturated carbocycles. The Balaban J connectivity index is 1.63. The Labute approximate surface area is 164 Å². The average Bonchev–Trinajstić information content (AvgIpc) is 3.26. The molecule has 0 aliphatic carbocycles. The van der Waals surface area contributed by atoms with Crippen molar-refractivity contribution in [2.24, 2.45) is 0 Å². The zero-order chi connectivity index (χ0) is 19.7. The third kappa shape index (κ3) is 3.35. The minimum Gasteiger partial charge on any atom is -0.387 e. The van der Waals surface area contributed by atoms with Gasteiger partial charge in [-0.1, -0.05) is 18.2 Å². The number of hydrogen-bond acceptors (Lipinski definition) is 8. The van der Waals surface area contributed by atoms with Gasteiger partial charge in [0, 0.05) is 11.3 Å². The normalized spacial score (nSPS) is 24.5. The molecule has 4 rings (SSSR count). The maximum absolute atomic E-state index is 12.4. The van der Waals surface area contributed by atoms with Crippen molar-refractivity contribution in [2.45, 2.75) is 24.5 Å². The van der Waals surface area contributed by atoms with Crippen molar-refractivity contribution in [3.05, 3.63) is 48.5 Å². The molecule has 1 fully saturated rings. The van der Waals surface area contributed by atoms with Gasteiger partial charge >= 0.3 is 0 Å². The summed E-state index contributed by atoms with van der Waals surface area (Å²) in [5, 5.41) is 23.4. The Morgan fingerprint density at radius 1 is 1.21 bits per heavy atom. The van der Waals surface area contributed by atoms with Gasteiger partial charge in [-0.2, -0.15) is 11.8 Å². The van der Waals surface area contributed by atoms with E-state index >= 15 is 0 Å². The summed E-state index contributed by atoms with van der Waals surface area (Å²) in [5.41, 5.74) is 1.25. The van der Waals surface area contributed by atoms with Crippen LogP contribution in [0.4, 0.5) is 5.82 Å². The van der Waals surface area contributed by atoms with Crippen LogP contribution < -0.4 is 5.32 Å². The molecule has 3 aromatic rings. The number of ether oxygens (including phenoxy) is 1. The summed E-state index contributed by atoms with van der Waals surface area (Å²) in [6.07, 6.45) is 1.21. The van der Waals surface area contributed by atoms with Crippen LogP contribution in [0.2, 0.25) is 0 Å². The Bertz CT molecular complexity index is 983. The number of fused-ring (bicyclic) bond motifs is 1. The lowest BCUT2D eigenvalue weighted by molar-refractivity contribution is -0.0288. The van der Waals surface area contributed by atoms with Gasteiger partial charge in [-0.05, 0) is 18.4 Å². The van der Waals surface area contributed by atoms with E-state index < -0.39 is 24.5 Å². The molecule has 0 radical (unpaired) electrons. The number of rotatable bonds is 5. The minimum atomic E-state index is -1.12. The smallest absolute Gasteiger partial charge is 0.256 e. The number of nitrogens with one attached hydrogen (secondary N) is 1. The predicted molar refractivity (Wildman–Crippen MR) is 104 cm³/mol. The molecule has 146 valence electrons. The number of aliphatic hydroxyl groups excluding tert-OH is 2. The van der Waals surface area contributed by atoms with Crippen molar-refractivity contribution >= 4 is 34.7 Å². The topological polar surface area (TPSA) is 122 Å². The van der Waals surface area contributed by atoms with E-state index in [4.69, 9.17) is 4.74 Å². The van der Waals surface area contributed by atoms with Crippen LogP contribution in [-0.2, 0) is 4.74 Å². The minimum absolute atomic E-state index is 0.256. The molecular formula is C18H19N5O4S. The monoisotopic (exact) mass is 401 g/mol. The predicted octanol–water partition coefficient (Wildman–Crippen LogP) is 1.06. The molecule has 1 aliphatic rings. The largest absolute Gasteiger partial charge is 0.387 e. The molecule has 1 saturated heterocycles. The van der Waals surface area contributed by atoms with E-state index in [1.165, 1.54) is 24.4 Å². The van der Waals surface area contributed by atoms with E-state index in [1.54, 1.807) is 28.8 Å². The van der Waals surface area contributed by atoms with Gasteiger partial charge in [-0.3, -0.25) is 9.36 Å². The van der Waals surface area contributed by atoms with Gasteiger partial charge in [0.15, 0.2) is 23.2 Å². The zero-order valence-corrected chi connectivity index (χ0v) is 15.8. The molecule has 28 heavy (non-hydrogen) atoms. The number of anilines is 1. The highest BCUT2D eigenvalue weighted by Crippen LogP contribution is 2.33. The van der Waals surface area contributed by atoms with Gasteiger partial charge in [0.2, 0.25) is 0 Å². The quantitative estimate of drug-likeness (QED) is 0.580. The number of aliphatic hydroxyl groups is 2.